The van der Waals surface area contributed by atoms with Crippen molar-refractivity contribution in [3.63, 3.8) is 0 Å². The molecule has 3 rings (SSSR count). The van der Waals surface area contributed by atoms with E-state index in [0.29, 0.717) is 16.3 Å². The summed E-state index contributed by atoms with van der Waals surface area (Å²) >= 11 is 7.64. The van der Waals surface area contributed by atoms with Gasteiger partial charge in [-0.1, -0.05) is 11.6 Å². The lowest BCUT2D eigenvalue weighted by atomic mass is 10.2. The molecule has 4 nitrogen and oxygen atoms in total. The molecule has 126 valence electrons. The van der Waals surface area contributed by atoms with Gasteiger partial charge in [-0.05, 0) is 43.2 Å². The maximum absolute atomic E-state index is 12.3. The molecule has 1 aromatic carbocycles. The Balaban J connectivity index is 1.64. The molecule has 0 bridgehead atoms. The second kappa shape index (κ2) is 7.90. The van der Waals surface area contributed by atoms with Crippen LogP contribution in [0, 0.1) is 0 Å². The van der Waals surface area contributed by atoms with Crippen LogP contribution in [0.25, 0.3) is 0 Å². The minimum Gasteiger partial charge on any atom is -0.496 e. The molecule has 1 aromatic heterocycles. The Kier molecular flexibility index (Phi) is 5.63. The SMILES string of the molecule is COc1ccc(Cl)cc1CSc1ccc(C(=O)N2CCCC2)cn1. The predicted octanol–water partition coefficient (Wildman–Crippen LogP) is 4.27. The van der Waals surface area contributed by atoms with E-state index in [1.807, 2.05) is 35.2 Å². The number of hydrogen-bond acceptors (Lipinski definition) is 4. The van der Waals surface area contributed by atoms with E-state index in [0.717, 1.165) is 42.3 Å². The number of rotatable bonds is 5. The van der Waals surface area contributed by atoms with Crippen LogP contribution < -0.4 is 4.74 Å². The van der Waals surface area contributed by atoms with Gasteiger partial charge in [0.25, 0.3) is 5.91 Å². The molecule has 2 aromatic rings. The van der Waals surface area contributed by atoms with Gasteiger partial charge in [0.2, 0.25) is 0 Å². The Morgan fingerprint density at radius 3 is 2.75 bits per heavy atom. The van der Waals surface area contributed by atoms with Gasteiger partial charge in [0.05, 0.1) is 17.7 Å². The Bertz CT molecular complexity index is 715. The molecule has 1 aliphatic rings. The van der Waals surface area contributed by atoms with Crippen molar-refractivity contribution in [2.24, 2.45) is 0 Å². The first kappa shape index (κ1) is 17.1. The topological polar surface area (TPSA) is 42.4 Å². The second-order valence-corrected chi connectivity index (χ2v) is 7.06. The Hall–Kier alpha value is -1.72. The molecule has 1 fully saturated rings. The molecule has 0 radical (unpaired) electrons. The van der Waals surface area contributed by atoms with Gasteiger partial charge in [-0.15, -0.1) is 11.8 Å². The van der Waals surface area contributed by atoms with Crippen LogP contribution in [0.15, 0.2) is 41.6 Å². The van der Waals surface area contributed by atoms with Gasteiger partial charge < -0.3 is 9.64 Å². The number of pyridine rings is 1. The van der Waals surface area contributed by atoms with Crippen molar-refractivity contribution >= 4 is 29.3 Å². The number of methoxy groups -OCH3 is 1. The van der Waals surface area contributed by atoms with Crippen molar-refractivity contribution in [2.75, 3.05) is 20.2 Å². The van der Waals surface area contributed by atoms with E-state index in [4.69, 9.17) is 16.3 Å². The molecule has 0 aliphatic carbocycles. The fourth-order valence-electron chi connectivity index (χ4n) is 2.71. The van der Waals surface area contributed by atoms with Crippen LogP contribution in [0.2, 0.25) is 5.02 Å². The van der Waals surface area contributed by atoms with E-state index in [1.165, 1.54) is 0 Å². The summed E-state index contributed by atoms with van der Waals surface area (Å²) in [5.74, 6) is 1.59. The molecule has 1 amide bonds. The summed E-state index contributed by atoms with van der Waals surface area (Å²) in [4.78, 5) is 18.6. The van der Waals surface area contributed by atoms with E-state index in [2.05, 4.69) is 4.98 Å². The highest BCUT2D eigenvalue weighted by molar-refractivity contribution is 7.98. The molecule has 0 unspecified atom stereocenters. The number of likely N-dealkylation sites (tertiary alicyclic amines) is 1. The Morgan fingerprint density at radius 2 is 2.08 bits per heavy atom. The number of aromatic nitrogens is 1. The zero-order valence-corrected chi connectivity index (χ0v) is 15.1. The van der Waals surface area contributed by atoms with Crippen LogP contribution in [0.5, 0.6) is 5.75 Å². The minimum atomic E-state index is 0.0769. The second-order valence-electron chi connectivity index (χ2n) is 5.63. The summed E-state index contributed by atoms with van der Waals surface area (Å²) in [6, 6.07) is 9.32. The highest BCUT2D eigenvalue weighted by Gasteiger charge is 2.19. The minimum absolute atomic E-state index is 0.0769. The van der Waals surface area contributed by atoms with Gasteiger partial charge >= 0.3 is 0 Å². The molecule has 0 N–H and O–H groups in total. The number of halogens is 1. The number of hydrogen-bond donors (Lipinski definition) is 0. The number of nitrogens with zero attached hydrogens (tertiary/aromatic N) is 2. The van der Waals surface area contributed by atoms with Crippen molar-refractivity contribution in [3.05, 3.63) is 52.7 Å². The van der Waals surface area contributed by atoms with Gasteiger partial charge in [-0.3, -0.25) is 4.79 Å². The largest absolute Gasteiger partial charge is 0.496 e. The van der Waals surface area contributed by atoms with E-state index in [1.54, 1.807) is 25.1 Å². The average molecular weight is 363 g/mol. The van der Waals surface area contributed by atoms with Gasteiger partial charge in [-0.2, -0.15) is 0 Å². The van der Waals surface area contributed by atoms with Crippen molar-refractivity contribution < 1.29 is 9.53 Å². The summed E-state index contributed by atoms with van der Waals surface area (Å²) < 4.78 is 5.35. The van der Waals surface area contributed by atoms with Crippen LogP contribution in [0.3, 0.4) is 0 Å². The van der Waals surface area contributed by atoms with Gasteiger partial charge in [0, 0.05) is 35.6 Å². The molecule has 6 heteroatoms. The lowest BCUT2D eigenvalue weighted by molar-refractivity contribution is 0.0792. The number of carbonyl (C=O) groups excluding carboxylic acids is 1. The highest BCUT2D eigenvalue weighted by Crippen LogP contribution is 2.29. The molecule has 1 saturated heterocycles. The number of carbonyl (C=O) groups is 1. The quantitative estimate of drug-likeness (QED) is 0.745. The van der Waals surface area contributed by atoms with Gasteiger partial charge in [0.1, 0.15) is 5.75 Å². The van der Waals surface area contributed by atoms with Crippen LogP contribution in [0.4, 0.5) is 0 Å². The molecule has 0 spiro atoms. The van der Waals surface area contributed by atoms with Crippen molar-refractivity contribution in [2.45, 2.75) is 23.6 Å². The summed E-state index contributed by atoms with van der Waals surface area (Å²) in [6.07, 6.45) is 3.85. The molecular weight excluding hydrogens is 344 g/mol. The van der Waals surface area contributed by atoms with Crippen molar-refractivity contribution in [3.8, 4) is 5.75 Å². The van der Waals surface area contributed by atoms with Crippen molar-refractivity contribution in [1.29, 1.82) is 0 Å². The summed E-state index contributed by atoms with van der Waals surface area (Å²) in [5, 5.41) is 1.56. The van der Waals surface area contributed by atoms with E-state index < -0.39 is 0 Å². The first-order valence-corrected chi connectivity index (χ1v) is 9.24. The smallest absolute Gasteiger partial charge is 0.255 e. The van der Waals surface area contributed by atoms with Gasteiger partial charge in [0.15, 0.2) is 0 Å². The monoisotopic (exact) mass is 362 g/mol. The fourth-order valence-corrected chi connectivity index (χ4v) is 3.72. The molecule has 24 heavy (non-hydrogen) atoms. The first-order valence-electron chi connectivity index (χ1n) is 7.88. The lowest BCUT2D eigenvalue weighted by Crippen LogP contribution is -2.27. The molecule has 1 aliphatic heterocycles. The predicted molar refractivity (Wildman–Crippen MR) is 96.9 cm³/mol. The van der Waals surface area contributed by atoms with Crippen LogP contribution in [-0.2, 0) is 5.75 Å². The lowest BCUT2D eigenvalue weighted by Gasteiger charge is -2.15. The maximum atomic E-state index is 12.3. The number of amides is 1. The Labute approximate surface area is 151 Å². The van der Waals surface area contributed by atoms with Gasteiger partial charge in [-0.25, -0.2) is 4.98 Å². The molecule has 2 heterocycles. The number of thioether (sulfide) groups is 1. The molecule has 0 atom stereocenters. The highest BCUT2D eigenvalue weighted by atomic mass is 35.5. The van der Waals surface area contributed by atoms with Crippen LogP contribution in [-0.4, -0.2) is 36.0 Å². The third kappa shape index (κ3) is 4.02. The normalized spacial score (nSPS) is 14.0. The number of benzene rings is 1. The summed E-state index contributed by atoms with van der Waals surface area (Å²) in [7, 11) is 1.65. The molecular formula is C18H19ClN2O2S. The Morgan fingerprint density at radius 1 is 1.29 bits per heavy atom. The summed E-state index contributed by atoms with van der Waals surface area (Å²) in [5.41, 5.74) is 1.68. The maximum Gasteiger partial charge on any atom is 0.255 e. The van der Waals surface area contributed by atoms with E-state index in [9.17, 15) is 4.79 Å². The zero-order chi connectivity index (χ0) is 16.9. The van der Waals surface area contributed by atoms with Crippen LogP contribution in [0.1, 0.15) is 28.8 Å². The third-order valence-electron chi connectivity index (χ3n) is 3.99. The summed E-state index contributed by atoms with van der Waals surface area (Å²) in [6.45, 7) is 1.70. The molecule has 0 saturated carbocycles. The van der Waals surface area contributed by atoms with E-state index in [-0.39, 0.29) is 5.91 Å². The first-order chi connectivity index (χ1) is 11.7. The third-order valence-corrected chi connectivity index (χ3v) is 5.22. The van der Waals surface area contributed by atoms with Crippen molar-refractivity contribution in [1.82, 2.24) is 9.88 Å². The average Bonchev–Trinajstić information content (AvgIpc) is 3.14. The fraction of sp³-hybridized carbons (Fsp3) is 0.333. The van der Waals surface area contributed by atoms with Crippen LogP contribution >= 0.6 is 23.4 Å². The standard InChI is InChI=1S/C18H19ClN2O2S/c1-23-16-6-5-15(19)10-14(16)12-24-17-7-4-13(11-20-17)18(22)21-8-2-3-9-21/h4-7,10-11H,2-3,8-9,12H2,1H3. The zero-order valence-electron chi connectivity index (χ0n) is 13.5. The van der Waals surface area contributed by atoms with E-state index >= 15 is 0 Å². The number of ether oxygens (including phenoxy) is 1.